The predicted molar refractivity (Wildman–Crippen MR) is 96.9 cm³/mol. The highest BCUT2D eigenvalue weighted by atomic mass is 16.5. The highest BCUT2D eigenvalue weighted by molar-refractivity contribution is 5.81. The first-order chi connectivity index (χ1) is 11.7. The second kappa shape index (κ2) is 7.65. The summed E-state index contributed by atoms with van der Waals surface area (Å²) in [7, 11) is 1.57. The lowest BCUT2D eigenvalue weighted by Gasteiger charge is -2.21. The third-order valence-corrected chi connectivity index (χ3v) is 3.68. The smallest absolute Gasteiger partial charge is 0.331 e. The van der Waals surface area contributed by atoms with Crippen LogP contribution in [0.15, 0.2) is 33.9 Å². The van der Waals surface area contributed by atoms with Crippen molar-refractivity contribution < 1.29 is 9.53 Å². The van der Waals surface area contributed by atoms with Crippen LogP contribution in [-0.4, -0.2) is 34.3 Å². The summed E-state index contributed by atoms with van der Waals surface area (Å²) in [5.74, 6) is -0.276. The normalized spacial score (nSPS) is 11.7. The van der Waals surface area contributed by atoms with Gasteiger partial charge in [-0.3, -0.25) is 18.7 Å². The second-order valence-electron chi connectivity index (χ2n) is 6.99. The maximum Gasteiger partial charge on any atom is 0.331 e. The summed E-state index contributed by atoms with van der Waals surface area (Å²) in [6, 6.07) is 6.84. The summed E-state index contributed by atoms with van der Waals surface area (Å²) < 4.78 is 7.52. The molecule has 1 aromatic carbocycles. The Balaban J connectivity index is 2.52. The largest absolute Gasteiger partial charge is 0.385 e. The van der Waals surface area contributed by atoms with Gasteiger partial charge in [-0.2, -0.15) is 0 Å². The van der Waals surface area contributed by atoms with E-state index in [-0.39, 0.29) is 24.6 Å². The highest BCUT2D eigenvalue weighted by Crippen LogP contribution is 2.08. The van der Waals surface area contributed by atoms with Gasteiger partial charge in [0.2, 0.25) is 5.91 Å². The Morgan fingerprint density at radius 3 is 2.48 bits per heavy atom. The van der Waals surface area contributed by atoms with Gasteiger partial charge in [-0.15, -0.1) is 0 Å². The van der Waals surface area contributed by atoms with Crippen molar-refractivity contribution in [3.8, 4) is 0 Å². The zero-order chi connectivity index (χ0) is 18.6. The van der Waals surface area contributed by atoms with Crippen LogP contribution in [0.1, 0.15) is 27.2 Å². The standard InChI is InChI=1S/C18H25N3O4/c1-18(2,3)19-15(22)12-21-14-9-6-5-8-13(14)16(23)20(17(21)24)10-7-11-25-4/h5-6,8-9H,7,10-12H2,1-4H3,(H,19,22). The molecule has 0 atom stereocenters. The topological polar surface area (TPSA) is 82.3 Å². The maximum absolute atomic E-state index is 12.8. The van der Waals surface area contributed by atoms with Gasteiger partial charge >= 0.3 is 5.69 Å². The van der Waals surface area contributed by atoms with E-state index in [2.05, 4.69) is 5.32 Å². The highest BCUT2D eigenvalue weighted by Gasteiger charge is 2.18. The van der Waals surface area contributed by atoms with E-state index >= 15 is 0 Å². The van der Waals surface area contributed by atoms with Gasteiger partial charge in [-0.05, 0) is 39.3 Å². The minimum atomic E-state index is -0.483. The molecule has 0 saturated heterocycles. The van der Waals surface area contributed by atoms with Gasteiger partial charge in [0, 0.05) is 25.8 Å². The predicted octanol–water partition coefficient (Wildman–Crippen LogP) is 1.11. The van der Waals surface area contributed by atoms with Crippen molar-refractivity contribution in [2.45, 2.75) is 45.8 Å². The van der Waals surface area contributed by atoms with Crippen molar-refractivity contribution in [2.75, 3.05) is 13.7 Å². The van der Waals surface area contributed by atoms with Crippen molar-refractivity contribution in [3.63, 3.8) is 0 Å². The molecule has 0 spiro atoms. The van der Waals surface area contributed by atoms with Crippen LogP contribution in [0.25, 0.3) is 10.9 Å². The van der Waals surface area contributed by atoms with Crippen molar-refractivity contribution in [1.82, 2.24) is 14.5 Å². The van der Waals surface area contributed by atoms with Crippen LogP contribution in [0.3, 0.4) is 0 Å². The lowest BCUT2D eigenvalue weighted by atomic mass is 10.1. The summed E-state index contributed by atoms with van der Waals surface area (Å²) in [5, 5.41) is 3.26. The van der Waals surface area contributed by atoms with Crippen LogP contribution in [-0.2, 0) is 22.6 Å². The molecule has 0 fully saturated rings. The Bertz CT molecular complexity index is 874. The molecule has 0 aliphatic heterocycles. The molecule has 7 nitrogen and oxygen atoms in total. The first-order valence-electron chi connectivity index (χ1n) is 8.27. The number of fused-ring (bicyclic) bond motifs is 1. The molecule has 1 N–H and O–H groups in total. The number of nitrogens with one attached hydrogen (secondary N) is 1. The molecule has 1 amide bonds. The fourth-order valence-corrected chi connectivity index (χ4v) is 2.69. The number of benzene rings is 1. The molecule has 0 unspecified atom stereocenters. The average molecular weight is 347 g/mol. The van der Waals surface area contributed by atoms with Crippen LogP contribution in [0.2, 0.25) is 0 Å². The Kier molecular flexibility index (Phi) is 5.79. The van der Waals surface area contributed by atoms with E-state index in [1.807, 2.05) is 20.8 Å². The minimum absolute atomic E-state index is 0.138. The molecular weight excluding hydrogens is 322 g/mol. The maximum atomic E-state index is 12.8. The van der Waals surface area contributed by atoms with Crippen LogP contribution in [0, 0.1) is 0 Å². The van der Waals surface area contributed by atoms with E-state index in [1.54, 1.807) is 31.4 Å². The molecule has 0 aliphatic carbocycles. The number of para-hydroxylation sites is 1. The van der Waals surface area contributed by atoms with Crippen LogP contribution in [0.5, 0.6) is 0 Å². The monoisotopic (exact) mass is 347 g/mol. The zero-order valence-corrected chi connectivity index (χ0v) is 15.2. The van der Waals surface area contributed by atoms with E-state index in [9.17, 15) is 14.4 Å². The van der Waals surface area contributed by atoms with Crippen molar-refractivity contribution >= 4 is 16.8 Å². The SMILES string of the molecule is COCCCn1c(=O)c2ccccc2n(CC(=O)NC(C)(C)C)c1=O. The average Bonchev–Trinajstić information content (AvgIpc) is 2.53. The number of ether oxygens (including phenoxy) is 1. The summed E-state index contributed by atoms with van der Waals surface area (Å²) in [4.78, 5) is 37.7. The Hall–Kier alpha value is -2.41. The van der Waals surface area contributed by atoms with Crippen LogP contribution < -0.4 is 16.6 Å². The number of nitrogens with zero attached hydrogens (tertiary/aromatic N) is 2. The summed E-state index contributed by atoms with van der Waals surface area (Å²) in [6.45, 7) is 6.17. The van der Waals surface area contributed by atoms with Gasteiger partial charge in [0.15, 0.2) is 0 Å². The fraction of sp³-hybridized carbons (Fsp3) is 0.500. The van der Waals surface area contributed by atoms with Crippen LogP contribution >= 0.6 is 0 Å². The Labute approximate surface area is 146 Å². The number of carbonyl (C=O) groups is 1. The first-order valence-corrected chi connectivity index (χ1v) is 8.27. The van der Waals surface area contributed by atoms with E-state index in [0.29, 0.717) is 23.9 Å². The second-order valence-corrected chi connectivity index (χ2v) is 6.99. The number of amides is 1. The molecule has 136 valence electrons. The molecule has 25 heavy (non-hydrogen) atoms. The minimum Gasteiger partial charge on any atom is -0.385 e. The van der Waals surface area contributed by atoms with Gasteiger partial charge in [0.05, 0.1) is 10.9 Å². The van der Waals surface area contributed by atoms with Gasteiger partial charge in [0.25, 0.3) is 5.56 Å². The van der Waals surface area contributed by atoms with Gasteiger partial charge in [-0.1, -0.05) is 12.1 Å². The third kappa shape index (κ3) is 4.57. The summed E-state index contributed by atoms with van der Waals surface area (Å²) >= 11 is 0. The van der Waals surface area contributed by atoms with E-state index in [1.165, 1.54) is 9.13 Å². The molecule has 2 rings (SSSR count). The molecule has 0 bridgehead atoms. The number of rotatable bonds is 6. The lowest BCUT2D eigenvalue weighted by Crippen LogP contribution is -2.46. The number of methoxy groups -OCH3 is 1. The molecule has 1 heterocycles. The molecule has 0 aliphatic rings. The molecule has 2 aromatic rings. The molecule has 1 aromatic heterocycles. The van der Waals surface area contributed by atoms with Crippen molar-refractivity contribution in [1.29, 1.82) is 0 Å². The Morgan fingerprint density at radius 1 is 1.16 bits per heavy atom. The lowest BCUT2D eigenvalue weighted by molar-refractivity contribution is -0.123. The number of hydrogen-bond donors (Lipinski definition) is 1. The van der Waals surface area contributed by atoms with E-state index in [4.69, 9.17) is 4.74 Å². The molecule has 7 heteroatoms. The number of aromatic nitrogens is 2. The summed E-state index contributed by atoms with van der Waals surface area (Å²) in [5.41, 5.74) is -0.763. The molecule has 0 saturated carbocycles. The van der Waals surface area contributed by atoms with E-state index < -0.39 is 11.2 Å². The first kappa shape index (κ1) is 18.9. The third-order valence-electron chi connectivity index (χ3n) is 3.68. The van der Waals surface area contributed by atoms with Crippen molar-refractivity contribution in [2.24, 2.45) is 0 Å². The van der Waals surface area contributed by atoms with Crippen LogP contribution in [0.4, 0.5) is 0 Å². The fourth-order valence-electron chi connectivity index (χ4n) is 2.69. The molecular formula is C18H25N3O4. The van der Waals surface area contributed by atoms with Gasteiger partial charge in [-0.25, -0.2) is 4.79 Å². The van der Waals surface area contributed by atoms with E-state index in [0.717, 1.165) is 0 Å². The number of carbonyl (C=O) groups excluding carboxylic acids is 1. The summed E-state index contributed by atoms with van der Waals surface area (Å²) in [6.07, 6.45) is 0.540. The molecule has 0 radical (unpaired) electrons. The van der Waals surface area contributed by atoms with Gasteiger partial charge < -0.3 is 10.1 Å². The van der Waals surface area contributed by atoms with Gasteiger partial charge in [0.1, 0.15) is 6.54 Å². The van der Waals surface area contributed by atoms with Crippen molar-refractivity contribution in [3.05, 3.63) is 45.1 Å². The number of hydrogen-bond acceptors (Lipinski definition) is 4. The quantitative estimate of drug-likeness (QED) is 0.794. The Morgan fingerprint density at radius 2 is 1.84 bits per heavy atom. The zero-order valence-electron chi connectivity index (χ0n) is 15.2.